The van der Waals surface area contributed by atoms with Gasteiger partial charge in [0.25, 0.3) is 10.0 Å². The predicted octanol–water partition coefficient (Wildman–Crippen LogP) is 3.66. The zero-order valence-corrected chi connectivity index (χ0v) is 16.5. The lowest BCUT2D eigenvalue weighted by Gasteiger charge is -2.15. The number of aromatic nitrogens is 3. The van der Waals surface area contributed by atoms with Crippen LogP contribution in [0.5, 0.6) is 5.75 Å². The summed E-state index contributed by atoms with van der Waals surface area (Å²) in [7, 11) is -0.873. The van der Waals surface area contributed by atoms with Crippen molar-refractivity contribution in [2.45, 2.75) is 4.90 Å². The van der Waals surface area contributed by atoms with Crippen molar-refractivity contribution in [3.63, 3.8) is 0 Å². The highest BCUT2D eigenvalue weighted by molar-refractivity contribution is 7.93. The summed E-state index contributed by atoms with van der Waals surface area (Å²) in [4.78, 5) is 7.15. The van der Waals surface area contributed by atoms with Crippen molar-refractivity contribution in [1.29, 1.82) is 0 Å². The van der Waals surface area contributed by atoms with Crippen LogP contribution in [0.2, 0.25) is 0 Å². The van der Waals surface area contributed by atoms with Crippen LogP contribution in [0.1, 0.15) is 0 Å². The molecule has 0 aliphatic rings. The van der Waals surface area contributed by atoms with E-state index in [1.807, 2.05) is 0 Å². The van der Waals surface area contributed by atoms with E-state index < -0.39 is 15.8 Å². The van der Waals surface area contributed by atoms with Crippen LogP contribution < -0.4 is 9.04 Å². The number of H-pyrrole nitrogens is 1. The zero-order valence-electron chi connectivity index (χ0n) is 14.9. The third-order valence-corrected chi connectivity index (χ3v) is 6.99. The number of benzene rings is 2. The van der Waals surface area contributed by atoms with E-state index in [4.69, 9.17) is 4.74 Å². The van der Waals surface area contributed by atoms with Gasteiger partial charge in [-0.25, -0.2) is 22.1 Å². The first kappa shape index (κ1) is 18.4. The average Bonchev–Trinajstić information content (AvgIpc) is 3.36. The zero-order chi connectivity index (χ0) is 19.9. The van der Waals surface area contributed by atoms with E-state index in [-0.39, 0.29) is 10.0 Å². The summed E-state index contributed by atoms with van der Waals surface area (Å²) in [6, 6.07) is 9.09. The number of fused-ring (bicyclic) bond motifs is 1. The smallest absolute Gasteiger partial charge is 0.265 e. The molecule has 4 aromatic rings. The van der Waals surface area contributed by atoms with Crippen molar-refractivity contribution in [2.24, 2.45) is 0 Å². The summed E-state index contributed by atoms with van der Waals surface area (Å²) in [6.07, 6.45) is 3.05. The fourth-order valence-corrected chi connectivity index (χ4v) is 4.81. The molecule has 7 nitrogen and oxygen atoms in total. The van der Waals surface area contributed by atoms with Gasteiger partial charge in [-0.05, 0) is 24.3 Å². The van der Waals surface area contributed by atoms with Gasteiger partial charge in [0.15, 0.2) is 0 Å². The van der Waals surface area contributed by atoms with Gasteiger partial charge in [-0.15, -0.1) is 0 Å². The number of sulfonamides is 1. The molecule has 0 aliphatic carbocycles. The molecular weight excluding hydrogens is 403 g/mol. The van der Waals surface area contributed by atoms with Crippen molar-refractivity contribution < 1.29 is 17.5 Å². The topological polar surface area (TPSA) is 88.2 Å². The highest BCUT2D eigenvalue weighted by Gasteiger charge is 2.24. The first-order valence-corrected chi connectivity index (χ1v) is 10.3. The van der Waals surface area contributed by atoms with E-state index in [9.17, 15) is 12.8 Å². The number of aromatic amines is 1. The lowest BCUT2D eigenvalue weighted by Crippen LogP contribution is -2.26. The van der Waals surface area contributed by atoms with E-state index in [2.05, 4.69) is 14.3 Å². The van der Waals surface area contributed by atoms with Crippen molar-refractivity contribution in [3.05, 3.63) is 54.7 Å². The normalized spacial score (nSPS) is 11.7. The predicted molar refractivity (Wildman–Crippen MR) is 106 cm³/mol. The maximum Gasteiger partial charge on any atom is 0.265 e. The number of methoxy groups -OCH3 is 1. The second-order valence-corrected chi connectivity index (χ2v) is 8.68. The van der Waals surface area contributed by atoms with Crippen LogP contribution in [0, 0.1) is 5.82 Å². The molecule has 0 bridgehead atoms. The van der Waals surface area contributed by atoms with Gasteiger partial charge in [0.2, 0.25) is 5.13 Å². The fourth-order valence-electron chi connectivity index (χ4n) is 2.94. The lowest BCUT2D eigenvalue weighted by atomic mass is 10.0. The van der Waals surface area contributed by atoms with Gasteiger partial charge in [-0.2, -0.15) is 4.37 Å². The summed E-state index contributed by atoms with van der Waals surface area (Å²) < 4.78 is 49.5. The Balaban J connectivity index is 1.79. The number of nitrogens with zero attached hydrogens (tertiary/aromatic N) is 3. The molecule has 10 heteroatoms. The van der Waals surface area contributed by atoms with Gasteiger partial charge in [-0.3, -0.25) is 0 Å². The molecule has 0 atom stereocenters. The molecule has 2 aromatic carbocycles. The standard InChI is InChI=1S/C18H15FN4O3S2/c1-23(18-21-10-22-27-18)28(24,25)12-4-6-13-15(9-20-16(13)8-12)14-5-3-11(19)7-17(14)26-2/h3-10,20H,1-2H3. The summed E-state index contributed by atoms with van der Waals surface area (Å²) in [5.74, 6) is 0.00198. The van der Waals surface area contributed by atoms with E-state index in [1.165, 1.54) is 38.7 Å². The summed E-state index contributed by atoms with van der Waals surface area (Å²) >= 11 is 0.996. The quantitative estimate of drug-likeness (QED) is 0.534. The molecule has 4 rings (SSSR count). The molecule has 0 saturated heterocycles. The Hall–Kier alpha value is -2.98. The molecule has 1 N–H and O–H groups in total. The number of rotatable bonds is 5. The number of nitrogens with one attached hydrogen (secondary N) is 1. The minimum atomic E-state index is -3.78. The van der Waals surface area contributed by atoms with Crippen molar-refractivity contribution >= 4 is 37.6 Å². The third kappa shape index (κ3) is 3.00. The molecule has 0 spiro atoms. The van der Waals surface area contributed by atoms with Crippen LogP contribution >= 0.6 is 11.5 Å². The molecular formula is C18H15FN4O3S2. The molecule has 144 valence electrons. The van der Waals surface area contributed by atoms with Crippen molar-refractivity contribution in [3.8, 4) is 16.9 Å². The molecule has 2 heterocycles. The maximum absolute atomic E-state index is 13.5. The molecule has 0 radical (unpaired) electrons. The molecule has 28 heavy (non-hydrogen) atoms. The third-order valence-electron chi connectivity index (χ3n) is 4.38. The number of hydrogen-bond donors (Lipinski definition) is 1. The highest BCUT2D eigenvalue weighted by atomic mass is 32.2. The Kier molecular flexibility index (Phi) is 4.52. The minimum absolute atomic E-state index is 0.122. The largest absolute Gasteiger partial charge is 0.496 e. The van der Waals surface area contributed by atoms with Crippen molar-refractivity contribution in [1.82, 2.24) is 14.3 Å². The minimum Gasteiger partial charge on any atom is -0.496 e. The molecule has 0 amide bonds. The summed E-state index contributed by atoms with van der Waals surface area (Å²) in [5, 5.41) is 1.07. The lowest BCUT2D eigenvalue weighted by molar-refractivity contribution is 0.413. The fraction of sp³-hybridized carbons (Fsp3) is 0.111. The SMILES string of the molecule is COc1cc(F)ccc1-c1c[nH]c2cc(S(=O)(=O)N(C)c3ncns3)ccc12. The van der Waals surface area contributed by atoms with E-state index >= 15 is 0 Å². The van der Waals surface area contributed by atoms with Crippen LogP contribution in [0.3, 0.4) is 0 Å². The Morgan fingerprint density at radius 1 is 1.18 bits per heavy atom. The molecule has 0 aliphatic heterocycles. The van der Waals surface area contributed by atoms with E-state index in [1.54, 1.807) is 24.4 Å². The van der Waals surface area contributed by atoms with Gasteiger partial charge in [-0.1, -0.05) is 6.07 Å². The number of ether oxygens (including phenoxy) is 1. The second kappa shape index (κ2) is 6.88. The van der Waals surface area contributed by atoms with Crippen LogP contribution in [0.4, 0.5) is 9.52 Å². The maximum atomic E-state index is 13.5. The Labute approximate surface area is 164 Å². The number of hydrogen-bond acceptors (Lipinski definition) is 6. The average molecular weight is 418 g/mol. The van der Waals surface area contributed by atoms with Crippen molar-refractivity contribution in [2.75, 3.05) is 18.5 Å². The monoisotopic (exact) mass is 418 g/mol. The first-order valence-electron chi connectivity index (χ1n) is 8.12. The van der Waals surface area contributed by atoms with E-state index in [0.717, 1.165) is 26.8 Å². The molecule has 0 fully saturated rings. The Morgan fingerprint density at radius 2 is 2.00 bits per heavy atom. The van der Waals surface area contributed by atoms with Crippen LogP contribution in [0.15, 0.2) is 53.8 Å². The van der Waals surface area contributed by atoms with Crippen LogP contribution in [0.25, 0.3) is 22.0 Å². The number of anilines is 1. The molecule has 0 unspecified atom stereocenters. The highest BCUT2D eigenvalue weighted by Crippen LogP contribution is 2.36. The summed E-state index contributed by atoms with van der Waals surface area (Å²) in [5.41, 5.74) is 2.12. The van der Waals surface area contributed by atoms with Gasteiger partial charge < -0.3 is 9.72 Å². The van der Waals surface area contributed by atoms with Gasteiger partial charge in [0.05, 0.1) is 12.0 Å². The Morgan fingerprint density at radius 3 is 2.71 bits per heavy atom. The molecule has 0 saturated carbocycles. The van der Waals surface area contributed by atoms with Gasteiger partial charge in [0, 0.05) is 52.9 Å². The second-order valence-electron chi connectivity index (χ2n) is 5.95. The first-order chi connectivity index (χ1) is 13.4. The Bertz CT molecular complexity index is 1250. The van der Waals surface area contributed by atoms with E-state index in [0.29, 0.717) is 16.8 Å². The summed E-state index contributed by atoms with van der Waals surface area (Å²) in [6.45, 7) is 0. The van der Waals surface area contributed by atoms with Crippen LogP contribution in [-0.4, -0.2) is 36.9 Å². The number of halogens is 1. The van der Waals surface area contributed by atoms with Crippen LogP contribution in [-0.2, 0) is 10.0 Å². The van der Waals surface area contributed by atoms with Gasteiger partial charge in [0.1, 0.15) is 17.9 Å². The van der Waals surface area contributed by atoms with Gasteiger partial charge >= 0.3 is 0 Å². The molecule has 2 aromatic heterocycles.